The first kappa shape index (κ1) is 21.6. The van der Waals surface area contributed by atoms with Gasteiger partial charge in [0.05, 0.1) is 5.56 Å². The molecule has 0 N–H and O–H groups in total. The number of hydrogen-bond acceptors (Lipinski definition) is 1. The average molecular weight is 758 g/mol. The van der Waals surface area contributed by atoms with Gasteiger partial charge in [-0.1, -0.05) is 12.1 Å². The fourth-order valence-electron chi connectivity index (χ4n) is 2.39. The topological polar surface area (TPSA) is 13.1 Å². The van der Waals surface area contributed by atoms with Crippen LogP contribution < -0.4 is 0 Å². The molecule has 1 aromatic heterocycles. The predicted molar refractivity (Wildman–Crippen MR) is 105 cm³/mol. The molecule has 1 aliphatic carbocycles. The maximum absolute atomic E-state index is 12.2. The van der Waals surface area contributed by atoms with Crippen LogP contribution in [0.15, 0.2) is 30.5 Å². The fraction of sp³-hybridized carbons (Fsp3) is 0.438. The van der Waals surface area contributed by atoms with Crippen molar-refractivity contribution in [3.63, 3.8) is 0 Å². The molecule has 1 saturated carbocycles. The molecule has 0 radical (unpaired) electrons. The SMILES string of the molecule is Cc1cn(C)[c](=[Pt])n1C1CC1.FC(F)(F)c1ccc(CN(I)I)cc1. The molecule has 0 atom stereocenters. The molecule has 142 valence electrons. The van der Waals surface area contributed by atoms with Crippen molar-refractivity contribution < 1.29 is 32.5 Å². The number of aryl methyl sites for hydroxylation is 2. The number of rotatable bonds is 3. The Kier molecular flexibility index (Phi) is 7.80. The Morgan fingerprint density at radius 2 is 1.76 bits per heavy atom. The summed E-state index contributed by atoms with van der Waals surface area (Å²) in [6, 6.07) is 6.00. The third kappa shape index (κ3) is 6.46. The van der Waals surface area contributed by atoms with Crippen molar-refractivity contribution in [1.29, 1.82) is 0 Å². The summed E-state index contributed by atoms with van der Waals surface area (Å²) in [6.07, 6.45) is 0.686. The minimum Gasteiger partial charge on any atom is -0.184 e. The minimum absolute atomic E-state index is 0.602. The second-order valence-electron chi connectivity index (χ2n) is 5.88. The van der Waals surface area contributed by atoms with Gasteiger partial charge in [-0.15, -0.1) is 0 Å². The van der Waals surface area contributed by atoms with Crippen LogP contribution >= 0.6 is 45.7 Å². The summed E-state index contributed by atoms with van der Waals surface area (Å²) in [6.45, 7) is 2.81. The molecule has 1 aliphatic rings. The molecule has 3 rings (SSSR count). The molecule has 0 amide bonds. The number of nitrogens with zero attached hydrogens (tertiary/aromatic N) is 3. The predicted octanol–water partition coefficient (Wildman–Crippen LogP) is 5.76. The van der Waals surface area contributed by atoms with Gasteiger partial charge in [0.15, 0.2) is 0 Å². The number of halogens is 5. The monoisotopic (exact) mass is 758 g/mol. The van der Waals surface area contributed by atoms with Crippen molar-refractivity contribution in [2.75, 3.05) is 0 Å². The van der Waals surface area contributed by atoms with Crippen LogP contribution in [0.25, 0.3) is 0 Å². The first-order valence-electron chi connectivity index (χ1n) is 7.54. The summed E-state index contributed by atoms with van der Waals surface area (Å²) in [4.78, 5) is 0. The third-order valence-corrected chi connectivity index (χ3v) is 5.74. The summed E-state index contributed by atoms with van der Waals surface area (Å²) in [5, 5.41) is 0. The van der Waals surface area contributed by atoms with Gasteiger partial charge in [0.2, 0.25) is 0 Å². The Morgan fingerprint density at radius 3 is 2.12 bits per heavy atom. The quantitative estimate of drug-likeness (QED) is 0.287. The van der Waals surface area contributed by atoms with E-state index in [1.807, 2.05) is 1.33 Å². The van der Waals surface area contributed by atoms with Gasteiger partial charge in [-0.2, -0.15) is 14.5 Å². The van der Waals surface area contributed by atoms with E-state index in [2.05, 4.69) is 94.4 Å². The van der Waals surface area contributed by atoms with E-state index in [9.17, 15) is 13.2 Å². The maximum atomic E-state index is 12.2. The van der Waals surface area contributed by atoms with Gasteiger partial charge >= 0.3 is 83.2 Å². The van der Waals surface area contributed by atoms with E-state index in [0.29, 0.717) is 6.54 Å². The van der Waals surface area contributed by atoms with Crippen molar-refractivity contribution in [3.8, 4) is 0 Å². The summed E-state index contributed by atoms with van der Waals surface area (Å²) in [5.41, 5.74) is 1.65. The van der Waals surface area contributed by atoms with E-state index < -0.39 is 11.7 Å². The molecule has 0 spiro atoms. The second kappa shape index (κ2) is 9.01. The second-order valence-corrected chi connectivity index (χ2v) is 11.1. The molecule has 1 fully saturated rings. The molecule has 0 bridgehead atoms. The van der Waals surface area contributed by atoms with Crippen molar-refractivity contribution in [2.45, 2.75) is 38.5 Å². The Labute approximate surface area is 184 Å². The van der Waals surface area contributed by atoms with Gasteiger partial charge in [0, 0.05) is 52.3 Å². The van der Waals surface area contributed by atoms with Gasteiger partial charge in [0.1, 0.15) is 0 Å². The van der Waals surface area contributed by atoms with E-state index in [-0.39, 0.29) is 0 Å². The van der Waals surface area contributed by atoms with Gasteiger partial charge in [-0.05, 0) is 17.7 Å². The standard InChI is InChI=1S/C8H6F3I2N.C8H12N2.Pt/c9-8(10,11)7-3-1-6(2-4-7)5-14(12)13;1-7-5-9(2)6-10(7)8-3-4-8;/h1-4H,5H2;5,8H,3-4H2,1-2H3;. The maximum Gasteiger partial charge on any atom is 0.416 e. The molecule has 25 heavy (non-hydrogen) atoms. The van der Waals surface area contributed by atoms with Gasteiger partial charge < -0.3 is 0 Å². The van der Waals surface area contributed by atoms with E-state index in [1.165, 1.54) is 34.5 Å². The first-order valence-corrected chi connectivity index (χ1v) is 10.6. The molecule has 0 aliphatic heterocycles. The summed E-state index contributed by atoms with van der Waals surface area (Å²) in [5.74, 6) is 0. The molecule has 2 aromatic rings. The van der Waals surface area contributed by atoms with Crippen LogP contribution in [0.1, 0.15) is 35.7 Å². The average Bonchev–Trinajstić information content (AvgIpc) is 3.27. The molecule has 1 heterocycles. The molecular formula is C16H18F3I2N3Pt. The van der Waals surface area contributed by atoms with Crippen molar-refractivity contribution >= 4 is 45.7 Å². The normalized spacial score (nSPS) is 14.5. The Bertz CT molecular complexity index is 762. The number of alkyl halides is 3. The molecule has 3 nitrogen and oxygen atoms in total. The van der Waals surface area contributed by atoms with Crippen LogP contribution in [0.2, 0.25) is 0 Å². The minimum atomic E-state index is -4.24. The number of benzene rings is 1. The van der Waals surface area contributed by atoms with Crippen LogP contribution in [0.4, 0.5) is 13.2 Å². The zero-order valence-electron chi connectivity index (χ0n) is 13.6. The number of imidazole rings is 1. The largest absolute Gasteiger partial charge is 0.416 e. The molecule has 0 saturated heterocycles. The van der Waals surface area contributed by atoms with Crippen molar-refractivity contribution in [2.24, 2.45) is 7.05 Å². The zero-order valence-corrected chi connectivity index (χ0v) is 20.2. The number of hydrogen-bond donors (Lipinski definition) is 0. The zero-order chi connectivity index (χ0) is 18.8. The summed E-state index contributed by atoms with van der Waals surface area (Å²) in [7, 11) is 2.11. The van der Waals surface area contributed by atoms with Crippen LogP contribution in [0.3, 0.4) is 0 Å². The van der Waals surface area contributed by atoms with E-state index >= 15 is 0 Å². The first-order chi connectivity index (χ1) is 11.6. The van der Waals surface area contributed by atoms with Crippen molar-refractivity contribution in [1.82, 2.24) is 10.5 Å². The van der Waals surface area contributed by atoms with E-state index in [4.69, 9.17) is 0 Å². The third-order valence-electron chi connectivity index (χ3n) is 3.71. The van der Waals surface area contributed by atoms with Gasteiger partial charge in [-0.3, -0.25) is 0 Å². The molecular weight excluding hydrogens is 740 g/mol. The number of aromatic nitrogens is 2. The molecule has 0 unspecified atom stereocenters. The molecule has 1 aromatic carbocycles. The van der Waals surface area contributed by atoms with Crippen LogP contribution in [-0.4, -0.2) is 10.5 Å². The summed E-state index contributed by atoms with van der Waals surface area (Å²) < 4.78 is 44.3. The van der Waals surface area contributed by atoms with E-state index in [0.717, 1.165) is 23.7 Å². The fourth-order valence-corrected chi connectivity index (χ4v) is 4.14. The Balaban J connectivity index is 0.000000185. The van der Waals surface area contributed by atoms with Crippen LogP contribution in [0, 0.1) is 10.7 Å². The summed E-state index contributed by atoms with van der Waals surface area (Å²) >= 11 is 6.53. The van der Waals surface area contributed by atoms with Crippen molar-refractivity contribution in [3.05, 3.63) is 51.1 Å². The smallest absolute Gasteiger partial charge is 0.184 e. The van der Waals surface area contributed by atoms with E-state index in [1.54, 1.807) is 0 Å². The van der Waals surface area contributed by atoms with Gasteiger partial charge in [-0.25, -0.2) is 0 Å². The Hall–Kier alpha value is 0.328. The van der Waals surface area contributed by atoms with Crippen LogP contribution in [0.5, 0.6) is 0 Å². The Morgan fingerprint density at radius 1 is 1.20 bits per heavy atom. The van der Waals surface area contributed by atoms with Crippen LogP contribution in [-0.2, 0) is 39.1 Å². The van der Waals surface area contributed by atoms with Gasteiger partial charge in [0.25, 0.3) is 0 Å². The molecule has 9 heteroatoms.